The van der Waals surface area contributed by atoms with Crippen LogP contribution < -0.4 is 5.32 Å². The number of nitrogens with zero attached hydrogens (tertiary/aromatic N) is 2. The van der Waals surface area contributed by atoms with E-state index in [1.165, 1.54) is 15.9 Å². The van der Waals surface area contributed by atoms with Crippen molar-refractivity contribution in [3.8, 4) is 0 Å². The minimum absolute atomic E-state index is 0.137. The standard InChI is InChI=1S/C22H29N3O3S/c1-24(2)20(15-18-9-4-3-5-10-18)17-23-22(26)19-11-8-12-21(16-19)29(27,28)25-13-6-7-14-25/h3-5,8-12,16,20H,6-7,13-15,17H2,1-2H3,(H,23,26)/t20-/m1/s1. The van der Waals surface area contributed by atoms with Gasteiger partial charge in [-0.1, -0.05) is 36.4 Å². The average Bonchev–Trinajstić information content (AvgIpc) is 3.27. The van der Waals surface area contributed by atoms with Crippen molar-refractivity contribution in [3.05, 3.63) is 65.7 Å². The van der Waals surface area contributed by atoms with Gasteiger partial charge < -0.3 is 10.2 Å². The first-order valence-corrected chi connectivity index (χ1v) is 11.4. The molecule has 0 spiro atoms. The molecule has 1 fully saturated rings. The molecule has 0 unspecified atom stereocenters. The predicted molar refractivity (Wildman–Crippen MR) is 114 cm³/mol. The maximum absolute atomic E-state index is 12.8. The number of amides is 1. The molecule has 1 aliphatic heterocycles. The van der Waals surface area contributed by atoms with Crippen molar-refractivity contribution in [2.75, 3.05) is 33.7 Å². The monoisotopic (exact) mass is 415 g/mol. The smallest absolute Gasteiger partial charge is 0.251 e. The van der Waals surface area contributed by atoms with Gasteiger partial charge in [0, 0.05) is 31.2 Å². The van der Waals surface area contributed by atoms with Crippen molar-refractivity contribution >= 4 is 15.9 Å². The lowest BCUT2D eigenvalue weighted by Crippen LogP contribution is -2.41. The topological polar surface area (TPSA) is 69.7 Å². The third kappa shape index (κ3) is 5.44. The molecule has 6 nitrogen and oxygen atoms in total. The second-order valence-electron chi connectivity index (χ2n) is 7.66. The lowest BCUT2D eigenvalue weighted by Gasteiger charge is -2.25. The number of sulfonamides is 1. The summed E-state index contributed by atoms with van der Waals surface area (Å²) in [5.74, 6) is -0.261. The van der Waals surface area contributed by atoms with Gasteiger partial charge in [0.15, 0.2) is 0 Å². The first kappa shape index (κ1) is 21.5. The lowest BCUT2D eigenvalue weighted by molar-refractivity contribution is 0.0941. The molecule has 1 N–H and O–H groups in total. The lowest BCUT2D eigenvalue weighted by atomic mass is 10.1. The summed E-state index contributed by atoms with van der Waals surface area (Å²) >= 11 is 0. The van der Waals surface area contributed by atoms with Crippen LogP contribution in [-0.4, -0.2) is 63.3 Å². The van der Waals surface area contributed by atoms with Gasteiger partial charge in [-0.3, -0.25) is 4.79 Å². The molecule has 3 rings (SSSR count). The van der Waals surface area contributed by atoms with E-state index in [1.54, 1.807) is 18.2 Å². The number of hydrogen-bond acceptors (Lipinski definition) is 4. The van der Waals surface area contributed by atoms with Crippen LogP contribution in [0.4, 0.5) is 0 Å². The third-order valence-electron chi connectivity index (χ3n) is 5.34. The van der Waals surface area contributed by atoms with Crippen LogP contribution in [0.2, 0.25) is 0 Å². The molecule has 0 saturated carbocycles. The number of benzene rings is 2. The Morgan fingerprint density at radius 1 is 1.07 bits per heavy atom. The highest BCUT2D eigenvalue weighted by atomic mass is 32.2. The quantitative estimate of drug-likeness (QED) is 0.719. The summed E-state index contributed by atoms with van der Waals surface area (Å²) in [4.78, 5) is 15.0. The molecular weight excluding hydrogens is 386 g/mol. The van der Waals surface area contributed by atoms with Crippen molar-refractivity contribution in [1.82, 2.24) is 14.5 Å². The molecule has 0 radical (unpaired) electrons. The fourth-order valence-electron chi connectivity index (χ4n) is 3.51. The van der Waals surface area contributed by atoms with Gasteiger partial charge >= 0.3 is 0 Å². The highest BCUT2D eigenvalue weighted by Gasteiger charge is 2.27. The zero-order chi connectivity index (χ0) is 20.9. The Balaban J connectivity index is 1.67. The van der Waals surface area contributed by atoms with Gasteiger partial charge in [0.05, 0.1) is 4.90 Å². The van der Waals surface area contributed by atoms with E-state index in [0.717, 1.165) is 19.3 Å². The molecule has 1 heterocycles. The first-order chi connectivity index (χ1) is 13.9. The Labute approximate surface area is 173 Å². The molecule has 0 bridgehead atoms. The van der Waals surface area contributed by atoms with E-state index in [1.807, 2.05) is 32.3 Å². The molecule has 1 amide bonds. The molecule has 1 saturated heterocycles. The van der Waals surface area contributed by atoms with Crippen molar-refractivity contribution in [1.29, 1.82) is 0 Å². The second-order valence-corrected chi connectivity index (χ2v) is 9.59. The van der Waals surface area contributed by atoms with Crippen LogP contribution in [0.5, 0.6) is 0 Å². The largest absolute Gasteiger partial charge is 0.350 e. The summed E-state index contributed by atoms with van der Waals surface area (Å²) in [7, 11) is 0.443. The van der Waals surface area contributed by atoms with Gasteiger partial charge in [0.2, 0.25) is 10.0 Å². The van der Waals surface area contributed by atoms with E-state index in [2.05, 4.69) is 22.3 Å². The number of rotatable bonds is 8. The van der Waals surface area contributed by atoms with E-state index in [-0.39, 0.29) is 16.8 Å². The second kappa shape index (κ2) is 9.52. The first-order valence-electron chi connectivity index (χ1n) is 9.96. The van der Waals surface area contributed by atoms with E-state index in [9.17, 15) is 13.2 Å². The van der Waals surface area contributed by atoms with Gasteiger partial charge in [-0.2, -0.15) is 4.31 Å². The summed E-state index contributed by atoms with van der Waals surface area (Å²) in [5.41, 5.74) is 1.57. The van der Waals surface area contributed by atoms with Crippen molar-refractivity contribution in [2.45, 2.75) is 30.2 Å². The maximum atomic E-state index is 12.8. The van der Waals surface area contributed by atoms with Crippen LogP contribution in [0.15, 0.2) is 59.5 Å². The minimum Gasteiger partial charge on any atom is -0.350 e. The Hall–Kier alpha value is -2.22. The predicted octanol–water partition coefficient (Wildman–Crippen LogP) is 2.37. The SMILES string of the molecule is CN(C)[C@@H](CNC(=O)c1cccc(S(=O)(=O)N2CCCC2)c1)Cc1ccccc1. The van der Waals surface area contributed by atoms with Gasteiger partial charge in [-0.05, 0) is 57.1 Å². The summed E-state index contributed by atoms with van der Waals surface area (Å²) < 4.78 is 27.0. The Bertz CT molecular complexity index is 923. The van der Waals surface area contributed by atoms with E-state index in [0.29, 0.717) is 25.2 Å². The van der Waals surface area contributed by atoms with Gasteiger partial charge in [-0.15, -0.1) is 0 Å². The Morgan fingerprint density at radius 2 is 1.76 bits per heavy atom. The summed E-state index contributed by atoms with van der Waals surface area (Å²) in [5, 5.41) is 2.96. The molecule has 7 heteroatoms. The maximum Gasteiger partial charge on any atom is 0.251 e. The molecule has 29 heavy (non-hydrogen) atoms. The van der Waals surface area contributed by atoms with Crippen LogP contribution in [-0.2, 0) is 16.4 Å². The molecule has 1 atom stereocenters. The number of hydrogen-bond donors (Lipinski definition) is 1. The van der Waals surface area contributed by atoms with Crippen molar-refractivity contribution in [2.24, 2.45) is 0 Å². The van der Waals surface area contributed by atoms with Gasteiger partial charge in [-0.25, -0.2) is 8.42 Å². The van der Waals surface area contributed by atoms with Crippen molar-refractivity contribution in [3.63, 3.8) is 0 Å². The van der Waals surface area contributed by atoms with E-state index >= 15 is 0 Å². The summed E-state index contributed by atoms with van der Waals surface area (Å²) in [6.45, 7) is 1.56. The molecule has 0 aliphatic carbocycles. The normalized spacial score (nSPS) is 16.1. The fourth-order valence-corrected chi connectivity index (χ4v) is 5.07. The van der Waals surface area contributed by atoms with Crippen LogP contribution in [0.1, 0.15) is 28.8 Å². The Morgan fingerprint density at radius 3 is 2.41 bits per heavy atom. The van der Waals surface area contributed by atoms with Gasteiger partial charge in [0.25, 0.3) is 5.91 Å². The number of likely N-dealkylation sites (N-methyl/N-ethyl adjacent to an activating group) is 1. The molecule has 156 valence electrons. The molecule has 1 aliphatic rings. The highest BCUT2D eigenvalue weighted by Crippen LogP contribution is 2.21. The van der Waals surface area contributed by atoms with Crippen LogP contribution in [0.25, 0.3) is 0 Å². The Kier molecular flexibility index (Phi) is 7.05. The van der Waals surface area contributed by atoms with E-state index < -0.39 is 10.0 Å². The number of carbonyl (C=O) groups is 1. The third-order valence-corrected chi connectivity index (χ3v) is 7.24. The zero-order valence-corrected chi connectivity index (χ0v) is 17.9. The summed E-state index contributed by atoms with van der Waals surface area (Å²) in [6.07, 6.45) is 2.58. The molecule has 0 aromatic heterocycles. The van der Waals surface area contributed by atoms with Crippen LogP contribution >= 0.6 is 0 Å². The summed E-state index contributed by atoms with van der Waals surface area (Å²) in [6, 6.07) is 16.6. The molecule has 2 aromatic carbocycles. The highest BCUT2D eigenvalue weighted by molar-refractivity contribution is 7.89. The number of nitrogens with one attached hydrogen (secondary N) is 1. The number of carbonyl (C=O) groups excluding carboxylic acids is 1. The van der Waals surface area contributed by atoms with E-state index in [4.69, 9.17) is 0 Å². The minimum atomic E-state index is -3.54. The zero-order valence-electron chi connectivity index (χ0n) is 17.0. The van der Waals surface area contributed by atoms with Gasteiger partial charge in [0.1, 0.15) is 0 Å². The van der Waals surface area contributed by atoms with Crippen molar-refractivity contribution < 1.29 is 13.2 Å². The fraction of sp³-hybridized carbons (Fsp3) is 0.409. The molecule has 2 aromatic rings. The average molecular weight is 416 g/mol. The van der Waals surface area contributed by atoms with Crippen LogP contribution in [0.3, 0.4) is 0 Å². The molecular formula is C22H29N3O3S. The van der Waals surface area contributed by atoms with Crippen LogP contribution in [0, 0.1) is 0 Å².